The summed E-state index contributed by atoms with van der Waals surface area (Å²) in [7, 11) is 0. The molecule has 1 unspecified atom stereocenters. The topological polar surface area (TPSA) is 62.1 Å². The fourth-order valence-corrected chi connectivity index (χ4v) is 3.64. The largest absolute Gasteiger partial charge is 0.359 e. The van der Waals surface area contributed by atoms with Crippen molar-refractivity contribution in [1.82, 2.24) is 15.0 Å². The van der Waals surface area contributed by atoms with Gasteiger partial charge in [0.15, 0.2) is 5.76 Å². The Hall–Kier alpha value is -2.56. The van der Waals surface area contributed by atoms with E-state index in [1.165, 1.54) is 5.56 Å². The second kappa shape index (κ2) is 5.51. The zero-order chi connectivity index (χ0) is 16.8. The lowest BCUT2D eigenvalue weighted by molar-refractivity contribution is 0.0709. The molecule has 1 N–H and O–H groups in total. The van der Waals surface area contributed by atoms with Crippen LogP contribution in [0.4, 0.5) is 0 Å². The number of nitrogens with one attached hydrogen (secondary N) is 1. The van der Waals surface area contributed by atoms with E-state index in [2.05, 4.69) is 29.2 Å². The molecule has 1 fully saturated rings. The molecule has 3 aromatic rings. The minimum atomic E-state index is -0.0220. The number of nitrogens with zero attached hydrogens (tertiary/aromatic N) is 2. The lowest BCUT2D eigenvalue weighted by atomic mass is 10.1. The van der Waals surface area contributed by atoms with Gasteiger partial charge in [0.05, 0.1) is 11.7 Å². The molecule has 3 heterocycles. The predicted octanol–water partition coefficient (Wildman–Crippen LogP) is 4.06. The number of benzene rings is 1. The smallest absolute Gasteiger partial charge is 0.271 e. The van der Waals surface area contributed by atoms with Gasteiger partial charge in [-0.3, -0.25) is 4.79 Å². The minimum absolute atomic E-state index is 0.0220. The monoisotopic (exact) mass is 323 g/mol. The second-order valence-corrected chi connectivity index (χ2v) is 6.70. The Kier molecular flexibility index (Phi) is 3.44. The molecule has 0 aliphatic carbocycles. The van der Waals surface area contributed by atoms with Crippen LogP contribution in [0.2, 0.25) is 0 Å². The highest BCUT2D eigenvalue weighted by atomic mass is 16.5. The first-order chi connectivity index (χ1) is 11.5. The van der Waals surface area contributed by atoms with Crippen molar-refractivity contribution < 1.29 is 9.32 Å². The molecule has 1 atom stereocenters. The summed E-state index contributed by atoms with van der Waals surface area (Å²) in [4.78, 5) is 18.4. The number of carbonyl (C=O) groups is 1. The molecule has 5 heteroatoms. The number of hydrogen-bond acceptors (Lipinski definition) is 3. The van der Waals surface area contributed by atoms with Gasteiger partial charge in [-0.15, -0.1) is 0 Å². The van der Waals surface area contributed by atoms with Crippen LogP contribution in [0.25, 0.3) is 10.9 Å². The number of likely N-dealkylation sites (tertiary alicyclic amines) is 1. The van der Waals surface area contributed by atoms with Crippen molar-refractivity contribution in [3.8, 4) is 0 Å². The van der Waals surface area contributed by atoms with Gasteiger partial charge in [0.2, 0.25) is 0 Å². The van der Waals surface area contributed by atoms with Crippen LogP contribution in [-0.4, -0.2) is 27.5 Å². The van der Waals surface area contributed by atoms with E-state index in [1.807, 2.05) is 30.9 Å². The Labute approximate surface area is 140 Å². The molecule has 1 saturated heterocycles. The maximum Gasteiger partial charge on any atom is 0.271 e. The van der Waals surface area contributed by atoms with Gasteiger partial charge < -0.3 is 14.4 Å². The van der Waals surface area contributed by atoms with Gasteiger partial charge in [-0.05, 0) is 51.3 Å². The molecule has 1 amide bonds. The van der Waals surface area contributed by atoms with Gasteiger partial charge in [0.1, 0.15) is 5.69 Å². The zero-order valence-corrected chi connectivity index (χ0v) is 14.2. The lowest BCUT2D eigenvalue weighted by Crippen LogP contribution is -2.31. The summed E-state index contributed by atoms with van der Waals surface area (Å²) in [5, 5.41) is 5.08. The predicted molar refractivity (Wildman–Crippen MR) is 92.0 cm³/mol. The summed E-state index contributed by atoms with van der Waals surface area (Å²) in [5.74, 6) is 0.820. The first-order valence-corrected chi connectivity index (χ1v) is 8.37. The van der Waals surface area contributed by atoms with E-state index in [0.717, 1.165) is 47.3 Å². The molecule has 0 spiro atoms. The van der Waals surface area contributed by atoms with Gasteiger partial charge in [-0.1, -0.05) is 16.8 Å². The quantitative estimate of drug-likeness (QED) is 0.773. The van der Waals surface area contributed by atoms with Crippen molar-refractivity contribution in [2.45, 2.75) is 39.7 Å². The van der Waals surface area contributed by atoms with Crippen LogP contribution in [0.1, 0.15) is 52.0 Å². The third-order valence-corrected chi connectivity index (χ3v) is 4.92. The van der Waals surface area contributed by atoms with Crippen LogP contribution in [0.5, 0.6) is 0 Å². The van der Waals surface area contributed by atoms with E-state index in [0.29, 0.717) is 5.69 Å². The lowest BCUT2D eigenvalue weighted by Gasteiger charge is -2.22. The summed E-state index contributed by atoms with van der Waals surface area (Å²) in [5.41, 5.74) is 4.74. The molecular weight excluding hydrogens is 302 g/mol. The molecule has 1 aromatic carbocycles. The molecule has 124 valence electrons. The molecule has 1 aliphatic rings. The summed E-state index contributed by atoms with van der Waals surface area (Å²) < 4.78 is 5.42. The Morgan fingerprint density at radius 2 is 2.12 bits per heavy atom. The van der Waals surface area contributed by atoms with Gasteiger partial charge in [-0.2, -0.15) is 0 Å². The van der Waals surface area contributed by atoms with Crippen molar-refractivity contribution in [3.63, 3.8) is 0 Å². The summed E-state index contributed by atoms with van der Waals surface area (Å²) in [6.07, 6.45) is 1.90. The molecule has 2 aromatic heterocycles. The highest BCUT2D eigenvalue weighted by Crippen LogP contribution is 2.34. The summed E-state index contributed by atoms with van der Waals surface area (Å²) >= 11 is 0. The molecule has 1 aliphatic heterocycles. The van der Waals surface area contributed by atoms with Crippen LogP contribution >= 0.6 is 0 Å². The van der Waals surface area contributed by atoms with Crippen molar-refractivity contribution in [3.05, 3.63) is 52.5 Å². The van der Waals surface area contributed by atoms with Crippen LogP contribution in [-0.2, 0) is 0 Å². The summed E-state index contributed by atoms with van der Waals surface area (Å²) in [6, 6.07) is 8.13. The highest BCUT2D eigenvalue weighted by molar-refractivity contribution is 6.01. The number of aromatic nitrogens is 2. The number of aryl methyl sites for hydroxylation is 3. The highest BCUT2D eigenvalue weighted by Gasteiger charge is 2.34. The number of rotatable bonds is 2. The van der Waals surface area contributed by atoms with E-state index in [4.69, 9.17) is 4.52 Å². The van der Waals surface area contributed by atoms with E-state index >= 15 is 0 Å². The van der Waals surface area contributed by atoms with Crippen molar-refractivity contribution in [1.29, 1.82) is 0 Å². The number of aromatic amines is 1. The molecule has 0 radical (unpaired) electrons. The van der Waals surface area contributed by atoms with Crippen molar-refractivity contribution in [2.75, 3.05) is 6.54 Å². The molecular formula is C19H21N3O2. The minimum Gasteiger partial charge on any atom is -0.359 e. The Morgan fingerprint density at radius 3 is 2.88 bits per heavy atom. The van der Waals surface area contributed by atoms with Crippen molar-refractivity contribution >= 4 is 16.8 Å². The summed E-state index contributed by atoms with van der Waals surface area (Å²) in [6.45, 7) is 6.72. The van der Waals surface area contributed by atoms with Crippen LogP contribution in [0.15, 0.2) is 28.8 Å². The number of H-pyrrole nitrogens is 1. The standard InChI is InChI=1S/C19H21N3O2/c1-11-6-7-15-14(9-11)13(3)18(20-15)19(23)22-8-4-5-16(22)17-10-12(2)21-24-17/h6-7,9-10,16,20H,4-5,8H2,1-3H3. The molecule has 0 bridgehead atoms. The van der Waals surface area contributed by atoms with Crippen LogP contribution in [0, 0.1) is 20.8 Å². The Balaban J connectivity index is 1.71. The first kappa shape index (κ1) is 15.0. The Morgan fingerprint density at radius 1 is 1.29 bits per heavy atom. The van der Waals surface area contributed by atoms with Gasteiger partial charge in [-0.25, -0.2) is 0 Å². The molecule has 0 saturated carbocycles. The zero-order valence-electron chi connectivity index (χ0n) is 14.2. The third kappa shape index (κ3) is 2.31. The number of hydrogen-bond donors (Lipinski definition) is 1. The van der Waals surface area contributed by atoms with E-state index in [-0.39, 0.29) is 11.9 Å². The Bertz CT molecular complexity index is 922. The van der Waals surface area contributed by atoms with E-state index in [1.54, 1.807) is 0 Å². The fourth-order valence-electron chi connectivity index (χ4n) is 3.64. The maximum atomic E-state index is 13.1. The average Bonchev–Trinajstić information content (AvgIpc) is 3.26. The average molecular weight is 323 g/mol. The normalized spacial score (nSPS) is 17.8. The SMILES string of the molecule is Cc1ccc2[nH]c(C(=O)N3CCCC3c3cc(C)no3)c(C)c2c1. The molecule has 4 rings (SSSR count). The fraction of sp³-hybridized carbons (Fsp3) is 0.368. The third-order valence-electron chi connectivity index (χ3n) is 4.92. The van der Waals surface area contributed by atoms with Gasteiger partial charge in [0.25, 0.3) is 5.91 Å². The van der Waals surface area contributed by atoms with Crippen LogP contribution < -0.4 is 0 Å². The van der Waals surface area contributed by atoms with Crippen LogP contribution in [0.3, 0.4) is 0 Å². The number of carbonyl (C=O) groups excluding carboxylic acids is 1. The number of fused-ring (bicyclic) bond motifs is 1. The molecule has 5 nitrogen and oxygen atoms in total. The van der Waals surface area contributed by atoms with E-state index in [9.17, 15) is 4.79 Å². The van der Waals surface area contributed by atoms with Gasteiger partial charge >= 0.3 is 0 Å². The van der Waals surface area contributed by atoms with E-state index < -0.39 is 0 Å². The second-order valence-electron chi connectivity index (χ2n) is 6.70. The maximum absolute atomic E-state index is 13.1. The van der Waals surface area contributed by atoms with Crippen molar-refractivity contribution in [2.24, 2.45) is 0 Å². The first-order valence-electron chi connectivity index (χ1n) is 8.37. The van der Waals surface area contributed by atoms with Gasteiger partial charge in [0, 0.05) is 23.5 Å². The molecule has 24 heavy (non-hydrogen) atoms. The number of amides is 1.